The van der Waals surface area contributed by atoms with Gasteiger partial charge in [0, 0.05) is 17.6 Å². The minimum absolute atomic E-state index is 0.0517. The number of carbonyl (C=O) groups is 1. The lowest BCUT2D eigenvalue weighted by Crippen LogP contribution is -2.46. The summed E-state index contributed by atoms with van der Waals surface area (Å²) in [5.41, 5.74) is -0.543. The van der Waals surface area contributed by atoms with Gasteiger partial charge in [-0.25, -0.2) is 14.5 Å². The molecular weight excluding hydrogens is 417 g/mol. The number of halogens is 3. The number of alkyl halides is 3. The number of aliphatic imine (C=N–C) groups is 1. The molecule has 3 heterocycles. The number of amides is 1. The van der Waals surface area contributed by atoms with E-state index in [9.17, 15) is 18.0 Å². The summed E-state index contributed by atoms with van der Waals surface area (Å²) in [4.78, 5) is 27.3. The molecule has 1 fully saturated rings. The van der Waals surface area contributed by atoms with Crippen molar-refractivity contribution in [3.63, 3.8) is 0 Å². The number of hydrogen-bond donors (Lipinski definition) is 0. The van der Waals surface area contributed by atoms with Crippen molar-refractivity contribution >= 4 is 34.3 Å². The molecule has 1 aliphatic heterocycles. The van der Waals surface area contributed by atoms with Crippen molar-refractivity contribution in [2.45, 2.75) is 32.5 Å². The van der Waals surface area contributed by atoms with E-state index >= 15 is 0 Å². The summed E-state index contributed by atoms with van der Waals surface area (Å²) in [5, 5.41) is 4.55. The SMILES string of the molecule is Cc1ccnc2nc(C(=O)N3C(=Nc4cccc(C(F)(F)F)c4)SCC3(C)C)nn12. The van der Waals surface area contributed by atoms with Crippen LogP contribution < -0.4 is 0 Å². The predicted octanol–water partition coefficient (Wildman–Crippen LogP) is 4.11. The number of carbonyl (C=O) groups excluding carboxylic acids is 1. The summed E-state index contributed by atoms with van der Waals surface area (Å²) in [5.74, 6) is 0.283. The van der Waals surface area contributed by atoms with E-state index in [0.717, 1.165) is 17.8 Å². The molecule has 30 heavy (non-hydrogen) atoms. The van der Waals surface area contributed by atoms with E-state index in [2.05, 4.69) is 20.1 Å². The van der Waals surface area contributed by atoms with Gasteiger partial charge in [0.1, 0.15) is 0 Å². The molecule has 0 saturated carbocycles. The van der Waals surface area contributed by atoms with Crippen LogP contribution in [0.2, 0.25) is 0 Å². The molecule has 7 nitrogen and oxygen atoms in total. The zero-order valence-electron chi connectivity index (χ0n) is 16.3. The van der Waals surface area contributed by atoms with E-state index in [1.54, 1.807) is 12.3 Å². The molecule has 3 aromatic rings. The van der Waals surface area contributed by atoms with Gasteiger partial charge in [0.2, 0.25) is 5.82 Å². The number of fused-ring (bicyclic) bond motifs is 1. The third kappa shape index (κ3) is 3.64. The second kappa shape index (κ2) is 7.08. The fourth-order valence-corrected chi connectivity index (χ4v) is 4.27. The third-order valence-corrected chi connectivity index (χ3v) is 5.96. The van der Waals surface area contributed by atoms with Gasteiger partial charge in [0.05, 0.1) is 16.8 Å². The van der Waals surface area contributed by atoms with Crippen molar-refractivity contribution in [3.8, 4) is 0 Å². The lowest BCUT2D eigenvalue weighted by Gasteiger charge is -2.29. The van der Waals surface area contributed by atoms with Crippen molar-refractivity contribution in [1.82, 2.24) is 24.5 Å². The smallest absolute Gasteiger partial charge is 0.278 e. The highest BCUT2D eigenvalue weighted by atomic mass is 32.2. The molecule has 0 atom stereocenters. The van der Waals surface area contributed by atoms with Crippen LogP contribution in [0.3, 0.4) is 0 Å². The average molecular weight is 434 g/mol. The highest BCUT2D eigenvalue weighted by Crippen LogP contribution is 2.36. The number of amidine groups is 1. The number of benzene rings is 1. The Hall–Kier alpha value is -2.95. The van der Waals surface area contributed by atoms with Gasteiger partial charge in [-0.15, -0.1) is 5.10 Å². The fraction of sp³-hybridized carbons (Fsp3) is 0.316. The first kappa shape index (κ1) is 20.3. The van der Waals surface area contributed by atoms with Gasteiger partial charge >= 0.3 is 6.18 Å². The Morgan fingerprint density at radius 3 is 2.73 bits per heavy atom. The van der Waals surface area contributed by atoms with E-state index in [1.807, 2.05) is 20.8 Å². The number of nitrogens with zero attached hydrogens (tertiary/aromatic N) is 6. The van der Waals surface area contributed by atoms with Crippen molar-refractivity contribution in [2.75, 3.05) is 5.75 Å². The summed E-state index contributed by atoms with van der Waals surface area (Å²) in [6, 6.07) is 6.43. The molecule has 0 aliphatic carbocycles. The average Bonchev–Trinajstić information content (AvgIpc) is 3.23. The molecule has 0 N–H and O–H groups in total. The monoisotopic (exact) mass is 434 g/mol. The standard InChI is InChI=1S/C19H17F3N6OS/c1-11-7-8-23-16-25-14(26-28(11)16)15(29)27-17(30-10-18(27,2)3)24-13-6-4-5-12(9-13)19(20,21)22/h4-9H,10H2,1-3H3. The first-order valence-electron chi connectivity index (χ1n) is 8.98. The van der Waals surface area contributed by atoms with E-state index in [1.165, 1.54) is 33.3 Å². The van der Waals surface area contributed by atoms with Crippen LogP contribution in [-0.2, 0) is 6.18 Å². The first-order valence-corrected chi connectivity index (χ1v) is 9.96. The number of aromatic nitrogens is 4. The maximum absolute atomic E-state index is 13.3. The molecule has 4 rings (SSSR count). The molecule has 2 aromatic heterocycles. The zero-order chi connectivity index (χ0) is 21.7. The van der Waals surface area contributed by atoms with E-state index in [-0.39, 0.29) is 11.5 Å². The Morgan fingerprint density at radius 1 is 1.27 bits per heavy atom. The molecular formula is C19H17F3N6OS. The number of hydrogen-bond acceptors (Lipinski definition) is 6. The zero-order valence-corrected chi connectivity index (χ0v) is 17.1. The van der Waals surface area contributed by atoms with Crippen LogP contribution in [-0.4, -0.2) is 46.8 Å². The summed E-state index contributed by atoms with van der Waals surface area (Å²) in [7, 11) is 0. The highest BCUT2D eigenvalue weighted by Gasteiger charge is 2.43. The van der Waals surface area contributed by atoms with E-state index in [0.29, 0.717) is 16.7 Å². The summed E-state index contributed by atoms with van der Waals surface area (Å²) in [6.07, 6.45) is -2.90. The molecule has 1 aromatic carbocycles. The lowest BCUT2D eigenvalue weighted by molar-refractivity contribution is -0.137. The van der Waals surface area contributed by atoms with Crippen molar-refractivity contribution in [3.05, 3.63) is 53.6 Å². The molecule has 11 heteroatoms. The number of aryl methyl sites for hydroxylation is 1. The Balaban J connectivity index is 1.73. The van der Waals surface area contributed by atoms with Gasteiger partial charge in [-0.05, 0) is 45.0 Å². The quantitative estimate of drug-likeness (QED) is 0.607. The second-order valence-corrected chi connectivity index (χ2v) is 8.36. The van der Waals surface area contributed by atoms with Gasteiger partial charge < -0.3 is 0 Å². The van der Waals surface area contributed by atoms with Gasteiger partial charge in [-0.3, -0.25) is 9.69 Å². The largest absolute Gasteiger partial charge is 0.416 e. The minimum Gasteiger partial charge on any atom is -0.278 e. The van der Waals surface area contributed by atoms with Crippen LogP contribution in [0.1, 0.15) is 35.7 Å². The van der Waals surface area contributed by atoms with E-state index < -0.39 is 23.2 Å². The van der Waals surface area contributed by atoms with Crippen LogP contribution in [0, 0.1) is 6.92 Å². The molecule has 0 unspecified atom stereocenters. The summed E-state index contributed by atoms with van der Waals surface area (Å²) >= 11 is 1.29. The Morgan fingerprint density at radius 2 is 2.03 bits per heavy atom. The topological polar surface area (TPSA) is 75.8 Å². The normalized spacial score (nSPS) is 17.8. The molecule has 1 saturated heterocycles. The minimum atomic E-state index is -4.47. The highest BCUT2D eigenvalue weighted by molar-refractivity contribution is 8.14. The maximum atomic E-state index is 13.3. The van der Waals surface area contributed by atoms with Crippen molar-refractivity contribution < 1.29 is 18.0 Å². The molecule has 156 valence electrons. The van der Waals surface area contributed by atoms with Crippen LogP contribution in [0.25, 0.3) is 5.78 Å². The Labute approximate surface area is 174 Å². The Kier molecular flexibility index (Phi) is 4.80. The number of rotatable bonds is 2. The van der Waals surface area contributed by atoms with Crippen LogP contribution >= 0.6 is 11.8 Å². The van der Waals surface area contributed by atoms with Gasteiger partial charge in [-0.2, -0.15) is 18.2 Å². The molecule has 0 spiro atoms. The number of thioether (sulfide) groups is 1. The lowest BCUT2D eigenvalue weighted by atomic mass is 10.1. The molecule has 1 amide bonds. The maximum Gasteiger partial charge on any atom is 0.416 e. The summed E-state index contributed by atoms with van der Waals surface area (Å²) in [6.45, 7) is 5.52. The molecule has 0 bridgehead atoms. The summed E-state index contributed by atoms with van der Waals surface area (Å²) < 4.78 is 40.5. The fourth-order valence-electron chi connectivity index (χ4n) is 3.03. The van der Waals surface area contributed by atoms with Crippen LogP contribution in [0.4, 0.5) is 18.9 Å². The third-order valence-electron chi connectivity index (χ3n) is 4.57. The van der Waals surface area contributed by atoms with Gasteiger partial charge in [-0.1, -0.05) is 17.8 Å². The molecule has 1 aliphatic rings. The van der Waals surface area contributed by atoms with Crippen molar-refractivity contribution in [2.24, 2.45) is 4.99 Å². The van der Waals surface area contributed by atoms with Crippen LogP contribution in [0.15, 0.2) is 41.5 Å². The van der Waals surface area contributed by atoms with Gasteiger partial charge in [0.15, 0.2) is 5.17 Å². The van der Waals surface area contributed by atoms with Crippen molar-refractivity contribution in [1.29, 1.82) is 0 Å². The Bertz CT molecular complexity index is 1170. The van der Waals surface area contributed by atoms with Gasteiger partial charge in [0.25, 0.3) is 11.7 Å². The first-order chi connectivity index (χ1) is 14.1. The second-order valence-electron chi connectivity index (χ2n) is 7.42. The van der Waals surface area contributed by atoms with Crippen LogP contribution in [0.5, 0.6) is 0 Å². The predicted molar refractivity (Wildman–Crippen MR) is 107 cm³/mol. The van der Waals surface area contributed by atoms with E-state index in [4.69, 9.17) is 0 Å². The molecule has 0 radical (unpaired) electrons.